The number of hydrogen-bond donors (Lipinski definition) is 1. The van der Waals surface area contributed by atoms with Crippen molar-refractivity contribution >= 4 is 16.8 Å². The Balaban J connectivity index is 1.27. The molecule has 1 saturated heterocycles. The van der Waals surface area contributed by atoms with Gasteiger partial charge in [-0.1, -0.05) is 30.4 Å². The van der Waals surface area contributed by atoms with Crippen LogP contribution in [0.2, 0.25) is 0 Å². The smallest absolute Gasteiger partial charge is 0.237 e. The molecule has 1 N–H and O–H groups in total. The fraction of sp³-hybridized carbons (Fsp3) is 0.522. The van der Waals surface area contributed by atoms with E-state index in [1.165, 1.54) is 54.3 Å². The maximum absolute atomic E-state index is 13.1. The van der Waals surface area contributed by atoms with Gasteiger partial charge in [0.1, 0.15) is 0 Å². The summed E-state index contributed by atoms with van der Waals surface area (Å²) in [7, 11) is 0. The van der Waals surface area contributed by atoms with Crippen LogP contribution < -0.4 is 0 Å². The summed E-state index contributed by atoms with van der Waals surface area (Å²) in [6.07, 6.45) is 11.9. The maximum Gasteiger partial charge on any atom is 0.237 e. The van der Waals surface area contributed by atoms with Gasteiger partial charge in [-0.15, -0.1) is 0 Å². The van der Waals surface area contributed by atoms with Crippen molar-refractivity contribution in [3.05, 3.63) is 47.7 Å². The van der Waals surface area contributed by atoms with Crippen LogP contribution >= 0.6 is 0 Å². The number of carbonyl (C=O) groups excluding carboxylic acids is 1. The lowest BCUT2D eigenvalue weighted by molar-refractivity contribution is -0.134. The molecule has 1 amide bonds. The summed E-state index contributed by atoms with van der Waals surface area (Å²) in [5.41, 5.74) is 4.25. The summed E-state index contributed by atoms with van der Waals surface area (Å²) in [5, 5.41) is 1.27. The van der Waals surface area contributed by atoms with Crippen LogP contribution in [-0.4, -0.2) is 46.9 Å². The SMILES string of the molecule is O=C(CN1CCCC2(CC=CCC2)C1)N1CCc2[nH]c3ccccc3c2C1. The van der Waals surface area contributed by atoms with Crippen LogP contribution in [0.3, 0.4) is 0 Å². The molecule has 1 unspecified atom stereocenters. The van der Waals surface area contributed by atoms with E-state index in [4.69, 9.17) is 0 Å². The van der Waals surface area contributed by atoms with Crippen molar-refractivity contribution in [2.24, 2.45) is 5.41 Å². The van der Waals surface area contributed by atoms with Crippen molar-refractivity contribution < 1.29 is 4.79 Å². The van der Waals surface area contributed by atoms with E-state index in [9.17, 15) is 4.79 Å². The summed E-state index contributed by atoms with van der Waals surface area (Å²) >= 11 is 0. The fourth-order valence-electron chi connectivity index (χ4n) is 5.43. The van der Waals surface area contributed by atoms with E-state index in [2.05, 4.69) is 51.2 Å². The zero-order valence-electron chi connectivity index (χ0n) is 16.0. The molecule has 3 aliphatic rings. The van der Waals surface area contributed by atoms with E-state index in [-0.39, 0.29) is 0 Å². The topological polar surface area (TPSA) is 39.3 Å². The van der Waals surface area contributed by atoms with Gasteiger partial charge in [0, 0.05) is 48.2 Å². The Bertz CT molecular complexity index is 883. The molecular weight excluding hydrogens is 334 g/mol. The molecule has 1 spiro atoms. The lowest BCUT2D eigenvalue weighted by Gasteiger charge is -2.44. The van der Waals surface area contributed by atoms with Crippen LogP contribution in [0.1, 0.15) is 43.4 Å². The highest BCUT2D eigenvalue weighted by atomic mass is 16.2. The van der Waals surface area contributed by atoms with Crippen LogP contribution in [0.15, 0.2) is 36.4 Å². The molecule has 1 aliphatic carbocycles. The molecule has 4 nitrogen and oxygen atoms in total. The Kier molecular flexibility index (Phi) is 4.31. The number of nitrogens with zero attached hydrogens (tertiary/aromatic N) is 2. The molecule has 2 aromatic rings. The van der Waals surface area contributed by atoms with Gasteiger partial charge >= 0.3 is 0 Å². The number of H-pyrrole nitrogens is 1. The Morgan fingerprint density at radius 2 is 2.07 bits per heavy atom. The number of para-hydroxylation sites is 1. The highest BCUT2D eigenvalue weighted by molar-refractivity contribution is 5.86. The minimum atomic E-state index is 0.300. The normalized spacial score (nSPS) is 25.9. The maximum atomic E-state index is 13.1. The highest BCUT2D eigenvalue weighted by Gasteiger charge is 2.36. The van der Waals surface area contributed by atoms with Crippen LogP contribution in [0, 0.1) is 5.41 Å². The van der Waals surface area contributed by atoms with E-state index in [0.29, 0.717) is 17.9 Å². The summed E-state index contributed by atoms with van der Waals surface area (Å²) in [6, 6.07) is 8.46. The number of aromatic amines is 1. The largest absolute Gasteiger partial charge is 0.358 e. The third kappa shape index (κ3) is 3.20. The lowest BCUT2D eigenvalue weighted by Crippen LogP contribution is -2.49. The highest BCUT2D eigenvalue weighted by Crippen LogP contribution is 2.40. The molecule has 1 aromatic carbocycles. The van der Waals surface area contributed by atoms with Gasteiger partial charge < -0.3 is 9.88 Å². The number of piperidine rings is 1. The van der Waals surface area contributed by atoms with Crippen molar-refractivity contribution in [1.29, 1.82) is 0 Å². The molecule has 3 heterocycles. The number of rotatable bonds is 2. The van der Waals surface area contributed by atoms with Gasteiger partial charge in [-0.3, -0.25) is 9.69 Å². The summed E-state index contributed by atoms with van der Waals surface area (Å²) < 4.78 is 0. The minimum absolute atomic E-state index is 0.300. The Labute approximate surface area is 161 Å². The third-order valence-corrected chi connectivity index (χ3v) is 6.89. The van der Waals surface area contributed by atoms with Gasteiger partial charge in [0.15, 0.2) is 0 Å². The predicted octanol–water partition coefficient (Wildman–Crippen LogP) is 3.87. The average Bonchev–Trinajstić information content (AvgIpc) is 3.06. The van der Waals surface area contributed by atoms with Crippen molar-refractivity contribution in [2.45, 2.75) is 45.1 Å². The Hall–Kier alpha value is -2.07. The van der Waals surface area contributed by atoms with E-state index in [1.807, 2.05) is 0 Å². The van der Waals surface area contributed by atoms with Crippen molar-refractivity contribution in [1.82, 2.24) is 14.8 Å². The predicted molar refractivity (Wildman–Crippen MR) is 109 cm³/mol. The van der Waals surface area contributed by atoms with E-state index in [0.717, 1.165) is 32.6 Å². The number of fused-ring (bicyclic) bond motifs is 3. The first kappa shape index (κ1) is 17.1. The van der Waals surface area contributed by atoms with Gasteiger partial charge in [-0.05, 0) is 50.1 Å². The summed E-state index contributed by atoms with van der Waals surface area (Å²) in [4.78, 5) is 21.1. The van der Waals surface area contributed by atoms with Crippen LogP contribution in [0.4, 0.5) is 0 Å². The molecule has 0 radical (unpaired) electrons. The van der Waals surface area contributed by atoms with Gasteiger partial charge in [0.05, 0.1) is 6.54 Å². The third-order valence-electron chi connectivity index (χ3n) is 6.89. The number of benzene rings is 1. The monoisotopic (exact) mass is 363 g/mol. The first-order valence-corrected chi connectivity index (χ1v) is 10.5. The molecule has 4 heteroatoms. The minimum Gasteiger partial charge on any atom is -0.358 e. The quantitative estimate of drug-likeness (QED) is 0.823. The van der Waals surface area contributed by atoms with Gasteiger partial charge in [-0.25, -0.2) is 0 Å². The molecular formula is C23H29N3O. The summed E-state index contributed by atoms with van der Waals surface area (Å²) in [5.74, 6) is 0.300. The molecule has 1 aromatic heterocycles. The van der Waals surface area contributed by atoms with Crippen LogP contribution in [-0.2, 0) is 17.8 Å². The number of hydrogen-bond acceptors (Lipinski definition) is 2. The Morgan fingerprint density at radius 1 is 1.15 bits per heavy atom. The number of likely N-dealkylation sites (tertiary alicyclic amines) is 1. The van der Waals surface area contributed by atoms with Gasteiger partial charge in [0.25, 0.3) is 0 Å². The lowest BCUT2D eigenvalue weighted by atomic mass is 9.71. The number of carbonyl (C=O) groups is 1. The molecule has 1 atom stereocenters. The molecule has 0 bridgehead atoms. The van der Waals surface area contributed by atoms with Crippen molar-refractivity contribution in [3.63, 3.8) is 0 Å². The first-order valence-electron chi connectivity index (χ1n) is 10.5. The van der Waals surface area contributed by atoms with E-state index in [1.54, 1.807) is 0 Å². The van der Waals surface area contributed by atoms with Gasteiger partial charge in [0.2, 0.25) is 5.91 Å². The van der Waals surface area contributed by atoms with E-state index >= 15 is 0 Å². The molecule has 27 heavy (non-hydrogen) atoms. The first-order chi connectivity index (χ1) is 13.2. The van der Waals surface area contributed by atoms with Crippen molar-refractivity contribution in [2.75, 3.05) is 26.2 Å². The zero-order chi connectivity index (χ0) is 18.3. The molecule has 1 fully saturated rings. The number of nitrogens with one attached hydrogen (secondary N) is 1. The standard InChI is InChI=1S/C23H29N3O/c27-22(16-25-13-6-12-23(17-25)10-4-1-5-11-23)26-14-9-21-19(15-26)18-7-2-3-8-20(18)24-21/h1-4,7-8,24H,5-6,9-17H2. The average molecular weight is 364 g/mol. The second kappa shape index (κ2) is 6.83. The fourth-order valence-corrected chi connectivity index (χ4v) is 5.43. The van der Waals surface area contributed by atoms with Crippen LogP contribution in [0.5, 0.6) is 0 Å². The van der Waals surface area contributed by atoms with E-state index < -0.39 is 0 Å². The zero-order valence-corrected chi connectivity index (χ0v) is 16.0. The second-order valence-corrected chi connectivity index (χ2v) is 8.72. The second-order valence-electron chi connectivity index (χ2n) is 8.72. The molecule has 5 rings (SSSR count). The van der Waals surface area contributed by atoms with Gasteiger partial charge in [-0.2, -0.15) is 0 Å². The van der Waals surface area contributed by atoms with Crippen molar-refractivity contribution in [3.8, 4) is 0 Å². The number of amides is 1. The molecule has 2 aliphatic heterocycles. The molecule has 0 saturated carbocycles. The molecule has 142 valence electrons. The van der Waals surface area contributed by atoms with Crippen LogP contribution in [0.25, 0.3) is 10.9 Å². The Morgan fingerprint density at radius 3 is 2.96 bits per heavy atom. The number of aromatic nitrogens is 1. The summed E-state index contributed by atoms with van der Waals surface area (Å²) in [6.45, 7) is 4.34. The number of allylic oxidation sites excluding steroid dienone is 2.